The van der Waals surface area contributed by atoms with E-state index in [1.165, 1.54) is 12.1 Å². The van der Waals surface area contributed by atoms with Crippen molar-refractivity contribution in [3.63, 3.8) is 0 Å². The minimum atomic E-state index is -0.390. The van der Waals surface area contributed by atoms with Crippen LogP contribution in [0, 0.1) is 11.7 Å². The van der Waals surface area contributed by atoms with Crippen LogP contribution < -0.4 is 5.32 Å². The molecular weight excluding hydrogens is 237 g/mol. The summed E-state index contributed by atoms with van der Waals surface area (Å²) >= 11 is 0. The van der Waals surface area contributed by atoms with Gasteiger partial charge in [-0.2, -0.15) is 0 Å². The van der Waals surface area contributed by atoms with E-state index in [4.69, 9.17) is 4.42 Å². The second kappa shape index (κ2) is 4.95. The number of rotatable bonds is 3. The van der Waals surface area contributed by atoms with Gasteiger partial charge >= 0.3 is 6.01 Å². The number of amides is 1. The van der Waals surface area contributed by atoms with Crippen molar-refractivity contribution in [2.45, 2.75) is 13.8 Å². The van der Waals surface area contributed by atoms with E-state index < -0.39 is 5.82 Å². The van der Waals surface area contributed by atoms with Crippen molar-refractivity contribution in [2.24, 2.45) is 5.92 Å². The summed E-state index contributed by atoms with van der Waals surface area (Å²) in [5.74, 6) is -0.633. The quantitative estimate of drug-likeness (QED) is 0.907. The van der Waals surface area contributed by atoms with Crippen LogP contribution >= 0.6 is 0 Å². The van der Waals surface area contributed by atoms with Crippen LogP contribution in [0.2, 0.25) is 0 Å². The Balaban J connectivity index is 2.18. The molecule has 0 saturated carbocycles. The van der Waals surface area contributed by atoms with Gasteiger partial charge in [-0.05, 0) is 18.2 Å². The van der Waals surface area contributed by atoms with E-state index in [-0.39, 0.29) is 23.7 Å². The lowest BCUT2D eigenvalue weighted by Gasteiger charge is -2.01. The number of carbonyl (C=O) groups excluding carboxylic acids is 1. The van der Waals surface area contributed by atoms with Gasteiger partial charge in [0.2, 0.25) is 11.8 Å². The third kappa shape index (κ3) is 2.71. The Morgan fingerprint density at radius 1 is 1.39 bits per heavy atom. The summed E-state index contributed by atoms with van der Waals surface area (Å²) in [5, 5.41) is 9.89. The number of benzene rings is 1. The molecule has 2 rings (SSSR count). The molecule has 0 aliphatic rings. The smallest absolute Gasteiger partial charge is 0.322 e. The summed E-state index contributed by atoms with van der Waals surface area (Å²) in [6.07, 6.45) is 0. The molecule has 6 heteroatoms. The zero-order valence-corrected chi connectivity index (χ0v) is 9.98. The summed E-state index contributed by atoms with van der Waals surface area (Å²) in [6.45, 7) is 3.50. The fourth-order valence-electron chi connectivity index (χ4n) is 1.26. The van der Waals surface area contributed by atoms with E-state index in [1.54, 1.807) is 26.0 Å². The molecule has 18 heavy (non-hydrogen) atoms. The van der Waals surface area contributed by atoms with E-state index in [9.17, 15) is 9.18 Å². The molecule has 0 radical (unpaired) electrons. The highest BCUT2D eigenvalue weighted by molar-refractivity contribution is 5.90. The maximum Gasteiger partial charge on any atom is 0.322 e. The van der Waals surface area contributed by atoms with Gasteiger partial charge in [0.25, 0.3) is 0 Å². The molecule has 94 valence electrons. The molecule has 1 aromatic heterocycles. The van der Waals surface area contributed by atoms with Gasteiger partial charge in [-0.1, -0.05) is 25.0 Å². The Morgan fingerprint density at radius 2 is 2.17 bits per heavy atom. The molecule has 1 aromatic carbocycles. The zero-order valence-electron chi connectivity index (χ0n) is 9.98. The molecule has 2 aromatic rings. The predicted molar refractivity (Wildman–Crippen MR) is 63.2 cm³/mol. The topological polar surface area (TPSA) is 68.0 Å². The van der Waals surface area contributed by atoms with Gasteiger partial charge in [0, 0.05) is 11.5 Å². The minimum Gasteiger partial charge on any atom is -0.403 e. The normalized spacial score (nSPS) is 10.7. The second-order valence-corrected chi connectivity index (χ2v) is 4.07. The van der Waals surface area contributed by atoms with Crippen LogP contribution in [-0.2, 0) is 4.79 Å². The largest absolute Gasteiger partial charge is 0.403 e. The summed E-state index contributed by atoms with van der Waals surface area (Å²) in [7, 11) is 0. The van der Waals surface area contributed by atoms with Crippen LogP contribution in [0.4, 0.5) is 10.4 Å². The average Bonchev–Trinajstić information content (AvgIpc) is 2.77. The standard InChI is InChI=1S/C12H12FN3O2/c1-7(2)10(17)14-12-16-15-11(18-12)8-4-3-5-9(13)6-8/h3-7H,1-2H3,(H,14,16,17). The first-order valence-corrected chi connectivity index (χ1v) is 5.46. The first-order valence-electron chi connectivity index (χ1n) is 5.46. The van der Waals surface area contributed by atoms with Crippen molar-refractivity contribution in [3.8, 4) is 11.5 Å². The third-order valence-corrected chi connectivity index (χ3v) is 2.25. The summed E-state index contributed by atoms with van der Waals surface area (Å²) in [5.41, 5.74) is 0.465. The first-order chi connectivity index (χ1) is 8.56. The van der Waals surface area contributed by atoms with E-state index in [0.717, 1.165) is 0 Å². The molecule has 0 unspecified atom stereocenters. The second-order valence-electron chi connectivity index (χ2n) is 4.07. The van der Waals surface area contributed by atoms with Crippen LogP contribution in [-0.4, -0.2) is 16.1 Å². The monoisotopic (exact) mass is 249 g/mol. The number of carbonyl (C=O) groups is 1. The molecule has 5 nitrogen and oxygen atoms in total. The molecule has 1 heterocycles. The van der Waals surface area contributed by atoms with Gasteiger partial charge in [-0.25, -0.2) is 4.39 Å². The molecule has 0 aliphatic carbocycles. The van der Waals surface area contributed by atoms with Gasteiger partial charge in [0.05, 0.1) is 0 Å². The highest BCUT2D eigenvalue weighted by atomic mass is 19.1. The van der Waals surface area contributed by atoms with Gasteiger partial charge < -0.3 is 4.42 Å². The number of hydrogen-bond donors (Lipinski definition) is 1. The van der Waals surface area contributed by atoms with Crippen LogP contribution in [0.25, 0.3) is 11.5 Å². The fraction of sp³-hybridized carbons (Fsp3) is 0.250. The Hall–Kier alpha value is -2.24. The molecule has 0 atom stereocenters. The van der Waals surface area contributed by atoms with E-state index in [1.807, 2.05) is 0 Å². The van der Waals surface area contributed by atoms with Crippen molar-refractivity contribution in [1.82, 2.24) is 10.2 Å². The van der Waals surface area contributed by atoms with Gasteiger partial charge in [0.1, 0.15) is 5.82 Å². The molecule has 0 bridgehead atoms. The maximum atomic E-state index is 13.0. The van der Waals surface area contributed by atoms with Gasteiger partial charge in [0.15, 0.2) is 0 Å². The number of anilines is 1. The lowest BCUT2D eigenvalue weighted by molar-refractivity contribution is -0.119. The van der Waals surface area contributed by atoms with Crippen LogP contribution in [0.15, 0.2) is 28.7 Å². The van der Waals surface area contributed by atoms with Gasteiger partial charge in [-0.15, -0.1) is 5.10 Å². The Kier molecular flexibility index (Phi) is 3.36. The molecule has 0 saturated heterocycles. The number of halogens is 1. The average molecular weight is 249 g/mol. The van der Waals surface area contributed by atoms with Crippen molar-refractivity contribution in [3.05, 3.63) is 30.1 Å². The van der Waals surface area contributed by atoms with Crippen LogP contribution in [0.1, 0.15) is 13.8 Å². The van der Waals surface area contributed by atoms with Crippen molar-refractivity contribution < 1.29 is 13.6 Å². The van der Waals surface area contributed by atoms with Crippen LogP contribution in [0.5, 0.6) is 0 Å². The number of hydrogen-bond acceptors (Lipinski definition) is 4. The zero-order chi connectivity index (χ0) is 13.1. The Labute approximate surface area is 103 Å². The predicted octanol–water partition coefficient (Wildman–Crippen LogP) is 2.47. The lowest BCUT2D eigenvalue weighted by atomic mass is 10.2. The van der Waals surface area contributed by atoms with E-state index >= 15 is 0 Å². The number of aromatic nitrogens is 2. The van der Waals surface area contributed by atoms with E-state index in [0.29, 0.717) is 5.56 Å². The van der Waals surface area contributed by atoms with Crippen molar-refractivity contribution in [1.29, 1.82) is 0 Å². The molecule has 0 spiro atoms. The molecule has 0 fully saturated rings. The number of nitrogens with zero attached hydrogens (tertiary/aromatic N) is 2. The Morgan fingerprint density at radius 3 is 2.83 bits per heavy atom. The summed E-state index contributed by atoms with van der Waals surface area (Å²) < 4.78 is 18.2. The number of nitrogens with one attached hydrogen (secondary N) is 1. The molecular formula is C12H12FN3O2. The SMILES string of the molecule is CC(C)C(=O)Nc1nnc(-c2cccc(F)c2)o1. The lowest BCUT2D eigenvalue weighted by Crippen LogP contribution is -2.17. The minimum absolute atomic E-state index is 0.00737. The molecule has 1 N–H and O–H groups in total. The highest BCUT2D eigenvalue weighted by Gasteiger charge is 2.13. The van der Waals surface area contributed by atoms with Crippen molar-refractivity contribution in [2.75, 3.05) is 5.32 Å². The fourth-order valence-corrected chi connectivity index (χ4v) is 1.26. The maximum absolute atomic E-state index is 13.0. The summed E-state index contributed by atoms with van der Waals surface area (Å²) in [6, 6.07) is 5.79. The Bertz CT molecular complexity index is 566. The van der Waals surface area contributed by atoms with Crippen LogP contribution in [0.3, 0.4) is 0 Å². The highest BCUT2D eigenvalue weighted by Crippen LogP contribution is 2.20. The first kappa shape index (κ1) is 12.2. The summed E-state index contributed by atoms with van der Waals surface area (Å²) in [4.78, 5) is 11.4. The molecule has 1 amide bonds. The van der Waals surface area contributed by atoms with Crippen molar-refractivity contribution >= 4 is 11.9 Å². The van der Waals surface area contributed by atoms with Gasteiger partial charge in [-0.3, -0.25) is 10.1 Å². The van der Waals surface area contributed by atoms with E-state index in [2.05, 4.69) is 15.5 Å². The third-order valence-electron chi connectivity index (χ3n) is 2.25. The molecule has 0 aliphatic heterocycles.